The van der Waals surface area contributed by atoms with Crippen molar-refractivity contribution in [2.75, 3.05) is 0 Å². The Labute approximate surface area is 91.6 Å². The van der Waals surface area contributed by atoms with Crippen molar-refractivity contribution in [2.24, 2.45) is 0 Å². The number of aryl methyl sites for hydroxylation is 1. The third-order valence-corrected chi connectivity index (χ3v) is 3.98. The van der Waals surface area contributed by atoms with Crippen LogP contribution in [0.4, 0.5) is 0 Å². The van der Waals surface area contributed by atoms with Crippen molar-refractivity contribution in [1.29, 1.82) is 0 Å². The van der Waals surface area contributed by atoms with Gasteiger partial charge in [-0.1, -0.05) is 22.0 Å². The highest BCUT2D eigenvalue weighted by atomic mass is 79.9. The maximum Gasteiger partial charge on any atom is 0.143 e. The molecule has 1 saturated carbocycles. The predicted molar refractivity (Wildman–Crippen MR) is 58.4 cm³/mol. The number of benzene rings is 1. The van der Waals surface area contributed by atoms with E-state index in [0.29, 0.717) is 5.78 Å². The lowest BCUT2D eigenvalue weighted by molar-refractivity contribution is -0.121. The van der Waals surface area contributed by atoms with Crippen LogP contribution in [0.3, 0.4) is 0 Å². The molecule has 2 aliphatic rings. The van der Waals surface area contributed by atoms with Gasteiger partial charge in [0.2, 0.25) is 0 Å². The third kappa shape index (κ3) is 1.04. The molecular weight excluding hydrogens is 240 g/mol. The quantitative estimate of drug-likeness (QED) is 0.692. The second-order valence-corrected chi connectivity index (χ2v) is 5.22. The van der Waals surface area contributed by atoms with E-state index in [2.05, 4.69) is 34.1 Å². The van der Waals surface area contributed by atoms with Gasteiger partial charge in [-0.3, -0.25) is 4.79 Å². The van der Waals surface area contributed by atoms with Gasteiger partial charge in [-0.15, -0.1) is 0 Å². The van der Waals surface area contributed by atoms with Gasteiger partial charge >= 0.3 is 0 Å². The number of hydrogen-bond acceptors (Lipinski definition) is 1. The summed E-state index contributed by atoms with van der Waals surface area (Å²) in [5.41, 5.74) is 2.63. The molecule has 0 N–H and O–H groups in total. The molecule has 2 aliphatic carbocycles. The molecule has 0 bridgehead atoms. The molecule has 0 aliphatic heterocycles. The summed E-state index contributed by atoms with van der Waals surface area (Å²) in [5, 5.41) is 0. The molecule has 1 aromatic carbocycles. The Morgan fingerprint density at radius 1 is 1.21 bits per heavy atom. The second-order valence-electron chi connectivity index (χ2n) is 4.31. The summed E-state index contributed by atoms with van der Waals surface area (Å²) in [4.78, 5) is 11.8. The lowest BCUT2D eigenvalue weighted by Crippen LogP contribution is -2.27. The minimum atomic E-state index is -0.0473. The highest BCUT2D eigenvalue weighted by Crippen LogP contribution is 2.53. The number of Topliss-reactive ketones (excluding diaryl/α,β-unsaturated/α-hetero) is 1. The molecule has 1 nitrogen and oxygen atoms in total. The van der Waals surface area contributed by atoms with Gasteiger partial charge in [-0.05, 0) is 42.5 Å². The first-order valence-electron chi connectivity index (χ1n) is 5.05. The van der Waals surface area contributed by atoms with Crippen LogP contribution in [0.5, 0.6) is 0 Å². The van der Waals surface area contributed by atoms with Crippen molar-refractivity contribution < 1.29 is 4.79 Å². The van der Waals surface area contributed by atoms with Crippen LogP contribution in [-0.2, 0) is 16.6 Å². The Hall–Kier alpha value is -0.630. The predicted octanol–water partition coefficient (Wildman–Crippen LogP) is 3.00. The fourth-order valence-corrected chi connectivity index (χ4v) is 2.96. The summed E-state index contributed by atoms with van der Waals surface area (Å²) in [6, 6.07) is 6.35. The van der Waals surface area contributed by atoms with Crippen LogP contribution < -0.4 is 0 Å². The molecule has 0 amide bonds. The number of ketones is 1. The maximum atomic E-state index is 11.8. The zero-order valence-corrected chi connectivity index (χ0v) is 9.43. The molecule has 3 rings (SSSR count). The van der Waals surface area contributed by atoms with E-state index in [4.69, 9.17) is 0 Å². The maximum absolute atomic E-state index is 11.8. The first kappa shape index (κ1) is 8.66. The summed E-state index contributed by atoms with van der Waals surface area (Å²) in [6.45, 7) is 0. The standard InChI is InChI=1S/C12H11BrO/c13-9-2-3-10-8(7-9)1-4-11(14)12(10)5-6-12/h2-3,7H,1,4-6H2. The normalized spacial score (nSPS) is 22.2. The highest BCUT2D eigenvalue weighted by Gasteiger charge is 2.52. The number of rotatable bonds is 0. The second kappa shape index (κ2) is 2.69. The first-order valence-corrected chi connectivity index (χ1v) is 5.84. The molecule has 1 spiro atoms. The van der Waals surface area contributed by atoms with Crippen LogP contribution in [-0.4, -0.2) is 5.78 Å². The van der Waals surface area contributed by atoms with Gasteiger partial charge in [-0.2, -0.15) is 0 Å². The van der Waals surface area contributed by atoms with E-state index >= 15 is 0 Å². The zero-order valence-electron chi connectivity index (χ0n) is 7.85. The van der Waals surface area contributed by atoms with E-state index in [0.717, 1.165) is 30.2 Å². The van der Waals surface area contributed by atoms with Crippen molar-refractivity contribution in [3.05, 3.63) is 33.8 Å². The Kier molecular flexibility index (Phi) is 1.67. The summed E-state index contributed by atoms with van der Waals surface area (Å²) in [6.07, 6.45) is 3.81. The molecule has 0 unspecified atom stereocenters. The molecule has 1 aromatic rings. The summed E-state index contributed by atoms with van der Waals surface area (Å²) >= 11 is 3.48. The molecule has 0 heterocycles. The van der Waals surface area contributed by atoms with Gasteiger partial charge in [0.15, 0.2) is 0 Å². The van der Waals surface area contributed by atoms with Gasteiger partial charge in [0.05, 0.1) is 5.41 Å². The van der Waals surface area contributed by atoms with Gasteiger partial charge in [-0.25, -0.2) is 0 Å². The van der Waals surface area contributed by atoms with Gasteiger partial charge in [0.25, 0.3) is 0 Å². The van der Waals surface area contributed by atoms with Crippen LogP contribution in [0.15, 0.2) is 22.7 Å². The number of carbonyl (C=O) groups excluding carboxylic acids is 1. The largest absolute Gasteiger partial charge is 0.299 e. The van der Waals surface area contributed by atoms with E-state index in [1.54, 1.807) is 0 Å². The smallest absolute Gasteiger partial charge is 0.143 e. The molecule has 14 heavy (non-hydrogen) atoms. The van der Waals surface area contributed by atoms with E-state index in [1.807, 2.05) is 0 Å². The minimum Gasteiger partial charge on any atom is -0.299 e. The average Bonchev–Trinajstić information content (AvgIpc) is 2.94. The van der Waals surface area contributed by atoms with Crippen LogP contribution in [0.25, 0.3) is 0 Å². The van der Waals surface area contributed by atoms with Crippen molar-refractivity contribution in [1.82, 2.24) is 0 Å². The lowest BCUT2D eigenvalue weighted by Gasteiger charge is -2.24. The third-order valence-electron chi connectivity index (χ3n) is 3.49. The highest BCUT2D eigenvalue weighted by molar-refractivity contribution is 9.10. The van der Waals surface area contributed by atoms with E-state index in [9.17, 15) is 4.79 Å². The average molecular weight is 251 g/mol. The molecular formula is C12H11BrO. The van der Waals surface area contributed by atoms with E-state index < -0.39 is 0 Å². The summed E-state index contributed by atoms with van der Waals surface area (Å²) in [5.74, 6) is 0.465. The molecule has 0 saturated heterocycles. The minimum absolute atomic E-state index is 0.0473. The van der Waals surface area contributed by atoms with Gasteiger partial charge in [0.1, 0.15) is 5.78 Å². The Morgan fingerprint density at radius 2 is 2.00 bits per heavy atom. The zero-order chi connectivity index (χ0) is 9.76. The van der Waals surface area contributed by atoms with Gasteiger partial charge < -0.3 is 0 Å². The first-order chi connectivity index (χ1) is 6.72. The van der Waals surface area contributed by atoms with Crippen molar-refractivity contribution >= 4 is 21.7 Å². The van der Waals surface area contributed by atoms with Crippen LogP contribution in [0.1, 0.15) is 30.4 Å². The Balaban J connectivity index is 2.18. The Bertz CT molecular complexity index is 418. The van der Waals surface area contributed by atoms with E-state index in [-0.39, 0.29) is 5.41 Å². The van der Waals surface area contributed by atoms with Crippen molar-refractivity contribution in [3.63, 3.8) is 0 Å². The molecule has 1 fully saturated rings. The van der Waals surface area contributed by atoms with Crippen LogP contribution >= 0.6 is 15.9 Å². The summed E-state index contributed by atoms with van der Waals surface area (Å²) < 4.78 is 1.13. The van der Waals surface area contributed by atoms with Crippen LogP contribution in [0, 0.1) is 0 Å². The van der Waals surface area contributed by atoms with E-state index in [1.165, 1.54) is 11.1 Å². The molecule has 0 radical (unpaired) electrons. The Morgan fingerprint density at radius 3 is 2.71 bits per heavy atom. The summed E-state index contributed by atoms with van der Waals surface area (Å²) in [7, 11) is 0. The van der Waals surface area contributed by atoms with Gasteiger partial charge in [0, 0.05) is 10.9 Å². The fourth-order valence-electron chi connectivity index (χ4n) is 2.55. The lowest BCUT2D eigenvalue weighted by atomic mass is 9.79. The molecule has 72 valence electrons. The number of hydrogen-bond donors (Lipinski definition) is 0. The van der Waals surface area contributed by atoms with Crippen molar-refractivity contribution in [3.8, 4) is 0 Å². The number of halogens is 1. The van der Waals surface area contributed by atoms with Crippen LogP contribution in [0.2, 0.25) is 0 Å². The topological polar surface area (TPSA) is 17.1 Å². The monoisotopic (exact) mass is 250 g/mol. The SMILES string of the molecule is O=C1CCc2cc(Br)ccc2C12CC2. The fraction of sp³-hybridized carbons (Fsp3) is 0.417. The molecule has 0 aromatic heterocycles. The number of carbonyl (C=O) groups is 1. The number of fused-ring (bicyclic) bond motifs is 2. The molecule has 0 atom stereocenters. The molecule has 2 heteroatoms. The van der Waals surface area contributed by atoms with Crippen molar-refractivity contribution in [2.45, 2.75) is 31.1 Å².